The Morgan fingerprint density at radius 2 is 2.00 bits per heavy atom. The molecule has 1 unspecified atom stereocenters. The number of nitrogens with zero attached hydrogens (tertiary/aromatic N) is 2. The Bertz CT molecular complexity index is 390. The van der Waals surface area contributed by atoms with Crippen LogP contribution in [0.3, 0.4) is 0 Å². The van der Waals surface area contributed by atoms with E-state index in [1.807, 2.05) is 7.05 Å². The molecular formula is C16H28N4O. The predicted molar refractivity (Wildman–Crippen MR) is 82.4 cm³/mol. The number of piperidine rings is 1. The van der Waals surface area contributed by atoms with Crippen LogP contribution in [-0.4, -0.2) is 42.5 Å². The quantitative estimate of drug-likeness (QED) is 0.820. The smallest absolute Gasteiger partial charge is 0.222 e. The van der Waals surface area contributed by atoms with E-state index in [1.165, 1.54) is 19.3 Å². The molecule has 2 fully saturated rings. The van der Waals surface area contributed by atoms with Crippen molar-refractivity contribution in [2.24, 2.45) is 11.7 Å². The van der Waals surface area contributed by atoms with Gasteiger partial charge in [0, 0.05) is 25.6 Å². The number of likely N-dealkylation sites (tertiary alicyclic amines) is 1. The van der Waals surface area contributed by atoms with E-state index in [9.17, 15) is 10.1 Å². The molecule has 5 nitrogen and oxygen atoms in total. The molecule has 0 radical (unpaired) electrons. The van der Waals surface area contributed by atoms with E-state index in [4.69, 9.17) is 5.73 Å². The van der Waals surface area contributed by atoms with Crippen LogP contribution in [0.25, 0.3) is 0 Å². The molecule has 0 spiro atoms. The van der Waals surface area contributed by atoms with Crippen molar-refractivity contribution < 1.29 is 4.79 Å². The molecule has 0 bridgehead atoms. The third kappa shape index (κ3) is 4.42. The number of nitrogens with two attached hydrogens (primary N) is 1. The summed E-state index contributed by atoms with van der Waals surface area (Å²) in [6, 6.07) is 2.26. The van der Waals surface area contributed by atoms with Gasteiger partial charge >= 0.3 is 0 Å². The average Bonchev–Trinajstić information content (AvgIpc) is 2.50. The lowest BCUT2D eigenvalue weighted by molar-refractivity contribution is -0.123. The number of nitriles is 1. The number of hydrogen-bond donors (Lipinski definition) is 2. The summed E-state index contributed by atoms with van der Waals surface area (Å²) in [5, 5.41) is 12.4. The van der Waals surface area contributed by atoms with Crippen molar-refractivity contribution in [2.75, 3.05) is 20.1 Å². The Morgan fingerprint density at radius 1 is 1.38 bits per heavy atom. The second-order valence-corrected chi connectivity index (χ2v) is 6.81. The minimum atomic E-state index is -0.685. The van der Waals surface area contributed by atoms with Crippen LogP contribution in [-0.2, 0) is 4.79 Å². The van der Waals surface area contributed by atoms with Crippen molar-refractivity contribution in [1.29, 1.82) is 5.26 Å². The van der Waals surface area contributed by atoms with Crippen LogP contribution >= 0.6 is 0 Å². The van der Waals surface area contributed by atoms with Gasteiger partial charge < -0.3 is 16.0 Å². The molecule has 1 atom stereocenters. The number of amides is 1. The molecular weight excluding hydrogens is 264 g/mol. The lowest BCUT2D eigenvalue weighted by Gasteiger charge is -2.36. The van der Waals surface area contributed by atoms with Crippen LogP contribution < -0.4 is 11.1 Å². The molecule has 1 heterocycles. The molecule has 0 aromatic carbocycles. The highest BCUT2D eigenvalue weighted by Crippen LogP contribution is 2.27. The fourth-order valence-corrected chi connectivity index (χ4v) is 3.53. The highest BCUT2D eigenvalue weighted by molar-refractivity contribution is 5.78. The molecule has 3 N–H and O–H groups in total. The van der Waals surface area contributed by atoms with Gasteiger partial charge in [0.05, 0.1) is 6.07 Å². The zero-order chi connectivity index (χ0) is 15.3. The Balaban J connectivity index is 1.84. The second kappa shape index (κ2) is 7.24. The van der Waals surface area contributed by atoms with Crippen molar-refractivity contribution in [2.45, 2.75) is 62.9 Å². The van der Waals surface area contributed by atoms with E-state index < -0.39 is 5.54 Å². The van der Waals surface area contributed by atoms with Crippen molar-refractivity contribution in [3.05, 3.63) is 0 Å². The second-order valence-electron chi connectivity index (χ2n) is 6.81. The van der Waals surface area contributed by atoms with Crippen LogP contribution in [0.5, 0.6) is 0 Å². The lowest BCUT2D eigenvalue weighted by atomic mass is 9.82. The summed E-state index contributed by atoms with van der Waals surface area (Å²) in [5.74, 6) is 0.416. The average molecular weight is 292 g/mol. The summed E-state index contributed by atoms with van der Waals surface area (Å²) >= 11 is 0. The fraction of sp³-hybridized carbons (Fsp3) is 0.875. The first-order valence-corrected chi connectivity index (χ1v) is 8.21. The summed E-state index contributed by atoms with van der Waals surface area (Å²) in [7, 11) is 2.04. The monoisotopic (exact) mass is 292 g/mol. The number of hydrogen-bond acceptors (Lipinski definition) is 4. The minimum absolute atomic E-state index is 0.0563. The largest absolute Gasteiger partial charge is 0.338 e. The molecule has 2 rings (SSSR count). The van der Waals surface area contributed by atoms with Crippen LogP contribution in [0, 0.1) is 17.2 Å². The van der Waals surface area contributed by atoms with Crippen molar-refractivity contribution in [1.82, 2.24) is 10.2 Å². The van der Waals surface area contributed by atoms with E-state index in [2.05, 4.69) is 16.3 Å². The number of carbonyl (C=O) groups is 1. The molecule has 0 aromatic heterocycles. The van der Waals surface area contributed by atoms with Crippen LogP contribution in [0.15, 0.2) is 0 Å². The zero-order valence-electron chi connectivity index (χ0n) is 13.1. The summed E-state index contributed by atoms with van der Waals surface area (Å²) in [6.07, 6.45) is 7.79. The van der Waals surface area contributed by atoms with Gasteiger partial charge in [-0.1, -0.05) is 19.3 Å². The number of nitrogens with one attached hydrogen (secondary N) is 1. The van der Waals surface area contributed by atoms with E-state index in [0.29, 0.717) is 25.2 Å². The topological polar surface area (TPSA) is 82.2 Å². The Morgan fingerprint density at radius 3 is 2.57 bits per heavy atom. The standard InChI is InChI=1S/C16H28N4O/c1-20-9-7-16(12-17,8-10-20)19-15(21)11-14(18)13-5-3-2-4-6-13/h13-14H,2-11,18H2,1H3,(H,19,21). The molecule has 1 aliphatic carbocycles. The van der Waals surface area contributed by atoms with Gasteiger partial charge in [-0.2, -0.15) is 5.26 Å². The summed E-state index contributed by atoms with van der Waals surface area (Å²) in [6.45, 7) is 1.70. The van der Waals surface area contributed by atoms with E-state index >= 15 is 0 Å². The third-order valence-electron chi connectivity index (χ3n) is 5.11. The van der Waals surface area contributed by atoms with Crippen LogP contribution in [0.1, 0.15) is 51.4 Å². The van der Waals surface area contributed by atoms with Crippen molar-refractivity contribution in [3.63, 3.8) is 0 Å². The van der Waals surface area contributed by atoms with E-state index in [-0.39, 0.29) is 11.9 Å². The molecule has 1 amide bonds. The summed E-state index contributed by atoms with van der Waals surface area (Å²) < 4.78 is 0. The highest BCUT2D eigenvalue weighted by atomic mass is 16.1. The third-order valence-corrected chi connectivity index (χ3v) is 5.11. The van der Waals surface area contributed by atoms with Gasteiger partial charge in [0.15, 0.2) is 0 Å². The number of carbonyl (C=O) groups excluding carboxylic acids is 1. The van der Waals surface area contributed by atoms with Gasteiger partial charge in [-0.25, -0.2) is 0 Å². The van der Waals surface area contributed by atoms with Gasteiger partial charge in [-0.05, 0) is 38.6 Å². The van der Waals surface area contributed by atoms with Gasteiger partial charge in [0.1, 0.15) is 5.54 Å². The van der Waals surface area contributed by atoms with Gasteiger partial charge in [0.25, 0.3) is 0 Å². The predicted octanol–water partition coefficient (Wildman–Crippen LogP) is 1.39. The molecule has 0 aromatic rings. The van der Waals surface area contributed by atoms with Gasteiger partial charge in [-0.15, -0.1) is 0 Å². The first-order chi connectivity index (χ1) is 10.0. The minimum Gasteiger partial charge on any atom is -0.338 e. The summed E-state index contributed by atoms with van der Waals surface area (Å²) in [4.78, 5) is 14.4. The molecule has 1 saturated carbocycles. The van der Waals surface area contributed by atoms with Gasteiger partial charge in [0.2, 0.25) is 5.91 Å². The Kier molecular flexibility index (Phi) is 5.60. The Hall–Kier alpha value is -1.12. The normalized spacial score (nSPS) is 25.0. The zero-order valence-corrected chi connectivity index (χ0v) is 13.1. The lowest BCUT2D eigenvalue weighted by Crippen LogP contribution is -2.54. The maximum Gasteiger partial charge on any atom is 0.222 e. The molecule has 1 saturated heterocycles. The van der Waals surface area contributed by atoms with Crippen molar-refractivity contribution >= 4 is 5.91 Å². The Labute approximate surface area is 127 Å². The van der Waals surface area contributed by atoms with Crippen LogP contribution in [0.2, 0.25) is 0 Å². The number of rotatable bonds is 4. The summed E-state index contributed by atoms with van der Waals surface area (Å²) in [5.41, 5.74) is 5.52. The van der Waals surface area contributed by atoms with E-state index in [0.717, 1.165) is 25.9 Å². The SMILES string of the molecule is CN1CCC(C#N)(NC(=O)CC(N)C2CCCCC2)CC1. The maximum absolute atomic E-state index is 12.3. The fourth-order valence-electron chi connectivity index (χ4n) is 3.53. The van der Waals surface area contributed by atoms with Crippen molar-refractivity contribution in [3.8, 4) is 6.07 Å². The molecule has 118 valence electrons. The van der Waals surface area contributed by atoms with E-state index in [1.54, 1.807) is 0 Å². The van der Waals surface area contributed by atoms with Crippen LogP contribution in [0.4, 0.5) is 0 Å². The maximum atomic E-state index is 12.3. The first-order valence-electron chi connectivity index (χ1n) is 8.21. The highest BCUT2D eigenvalue weighted by Gasteiger charge is 2.35. The molecule has 1 aliphatic heterocycles. The first kappa shape index (κ1) is 16.3. The molecule has 21 heavy (non-hydrogen) atoms. The molecule has 2 aliphatic rings. The van der Waals surface area contributed by atoms with Gasteiger partial charge in [-0.3, -0.25) is 4.79 Å². The molecule has 5 heteroatoms.